The van der Waals surface area contributed by atoms with Crippen molar-refractivity contribution in [2.75, 3.05) is 0 Å². The summed E-state index contributed by atoms with van der Waals surface area (Å²) < 4.78 is 11.9. The molecule has 0 N–H and O–H groups in total. The molecule has 0 amide bonds. The molecule has 3 heteroatoms. The second kappa shape index (κ2) is 4.01. The normalized spacial score (nSPS) is 10.0. The number of rotatable bonds is 3. The Morgan fingerprint density at radius 3 is 2.45 bits per heavy atom. The highest BCUT2D eigenvalue weighted by Gasteiger charge is 1.94. The summed E-state index contributed by atoms with van der Waals surface area (Å²) >= 11 is 0. The van der Waals surface area contributed by atoms with Gasteiger partial charge < -0.3 is 0 Å². The second-order valence-electron chi connectivity index (χ2n) is 2.39. The molecule has 1 aromatic rings. The van der Waals surface area contributed by atoms with Gasteiger partial charge in [0.2, 0.25) is 0 Å². The summed E-state index contributed by atoms with van der Waals surface area (Å²) in [6, 6.07) is 0. The second-order valence-corrected chi connectivity index (χ2v) is 2.39. The van der Waals surface area contributed by atoms with Gasteiger partial charge in [-0.1, -0.05) is 13.3 Å². The first-order chi connectivity index (χ1) is 5.36. The lowest BCUT2D eigenvalue weighted by Crippen LogP contribution is -1.93. The summed E-state index contributed by atoms with van der Waals surface area (Å²) in [5, 5.41) is 0. The Bertz CT molecular complexity index is 208. The third kappa shape index (κ3) is 2.26. The van der Waals surface area contributed by atoms with Gasteiger partial charge in [-0.3, -0.25) is 0 Å². The number of alkyl halides is 1. The van der Waals surface area contributed by atoms with E-state index in [4.69, 9.17) is 0 Å². The zero-order chi connectivity index (χ0) is 8.10. The molecule has 0 fully saturated rings. The van der Waals surface area contributed by atoms with E-state index in [2.05, 4.69) is 16.9 Å². The Morgan fingerprint density at radius 1 is 1.36 bits per heavy atom. The summed E-state index contributed by atoms with van der Waals surface area (Å²) in [6.45, 7) is 1.51. The molecule has 0 unspecified atom stereocenters. The molecule has 0 atom stereocenters. The van der Waals surface area contributed by atoms with Gasteiger partial charge in [0, 0.05) is 12.4 Å². The number of nitrogens with zero attached hydrogens (tertiary/aromatic N) is 2. The quantitative estimate of drug-likeness (QED) is 0.664. The number of hydrogen-bond acceptors (Lipinski definition) is 2. The van der Waals surface area contributed by atoms with Crippen LogP contribution in [0.4, 0.5) is 4.39 Å². The Balaban J connectivity index is 2.66. The average molecular weight is 154 g/mol. The van der Waals surface area contributed by atoms with E-state index in [1.54, 1.807) is 12.4 Å². The molecule has 1 rings (SSSR count). The largest absolute Gasteiger partial charge is 0.242 e. The van der Waals surface area contributed by atoms with Crippen molar-refractivity contribution in [2.45, 2.75) is 26.4 Å². The van der Waals surface area contributed by atoms with E-state index < -0.39 is 6.67 Å². The minimum absolute atomic E-state index is 0.268. The van der Waals surface area contributed by atoms with E-state index in [-0.39, 0.29) is 5.82 Å². The molecule has 11 heavy (non-hydrogen) atoms. The Kier molecular flexibility index (Phi) is 2.95. The molecule has 0 bridgehead atoms. The lowest BCUT2D eigenvalue weighted by Gasteiger charge is -1.96. The lowest BCUT2D eigenvalue weighted by molar-refractivity contribution is 0.465. The molecule has 0 aliphatic rings. The highest BCUT2D eigenvalue weighted by Crippen LogP contribution is 2.00. The first-order valence-corrected chi connectivity index (χ1v) is 3.72. The molecule has 0 aliphatic carbocycles. The number of aromatic nitrogens is 2. The molecule has 0 saturated heterocycles. The van der Waals surface area contributed by atoms with Crippen LogP contribution in [0.25, 0.3) is 0 Å². The Hall–Kier alpha value is -0.990. The summed E-state index contributed by atoms with van der Waals surface area (Å²) in [5.74, 6) is 0.268. The lowest BCUT2D eigenvalue weighted by atomic mass is 10.2. The predicted molar refractivity (Wildman–Crippen MR) is 40.8 cm³/mol. The summed E-state index contributed by atoms with van der Waals surface area (Å²) in [6.07, 6.45) is 5.40. The monoisotopic (exact) mass is 154 g/mol. The Labute approximate surface area is 65.5 Å². The van der Waals surface area contributed by atoms with E-state index in [0.717, 1.165) is 18.4 Å². The van der Waals surface area contributed by atoms with Gasteiger partial charge in [0.25, 0.3) is 0 Å². The number of halogens is 1. The van der Waals surface area contributed by atoms with E-state index in [1.807, 2.05) is 0 Å². The van der Waals surface area contributed by atoms with E-state index in [0.29, 0.717) is 0 Å². The first kappa shape index (κ1) is 8.11. The van der Waals surface area contributed by atoms with Gasteiger partial charge in [-0.2, -0.15) is 0 Å². The van der Waals surface area contributed by atoms with Gasteiger partial charge >= 0.3 is 0 Å². The molecule has 0 spiro atoms. The van der Waals surface area contributed by atoms with Crippen LogP contribution in [0.15, 0.2) is 12.4 Å². The highest BCUT2D eigenvalue weighted by molar-refractivity contribution is 5.04. The maximum absolute atomic E-state index is 11.9. The van der Waals surface area contributed by atoms with Gasteiger partial charge in [0.15, 0.2) is 5.82 Å². The fourth-order valence-corrected chi connectivity index (χ4v) is 0.868. The van der Waals surface area contributed by atoms with Crippen molar-refractivity contribution < 1.29 is 4.39 Å². The minimum atomic E-state index is -0.577. The smallest absolute Gasteiger partial charge is 0.159 e. The SMILES string of the molecule is CCCc1cnc(CF)nc1. The predicted octanol–water partition coefficient (Wildman–Crippen LogP) is 1.90. The summed E-state index contributed by atoms with van der Waals surface area (Å²) in [4.78, 5) is 7.66. The summed E-state index contributed by atoms with van der Waals surface area (Å²) in [7, 11) is 0. The zero-order valence-electron chi connectivity index (χ0n) is 6.55. The van der Waals surface area contributed by atoms with Gasteiger partial charge in [0.1, 0.15) is 6.67 Å². The third-order valence-electron chi connectivity index (χ3n) is 1.42. The molecule has 1 aromatic heterocycles. The number of aryl methyl sites for hydroxylation is 1. The van der Waals surface area contributed by atoms with Gasteiger partial charge in [0.05, 0.1) is 0 Å². The van der Waals surface area contributed by atoms with Crippen LogP contribution in [-0.4, -0.2) is 9.97 Å². The van der Waals surface area contributed by atoms with Crippen LogP contribution in [-0.2, 0) is 13.1 Å². The van der Waals surface area contributed by atoms with Gasteiger partial charge in [-0.25, -0.2) is 14.4 Å². The van der Waals surface area contributed by atoms with E-state index in [1.165, 1.54) is 0 Å². The van der Waals surface area contributed by atoms with Crippen molar-refractivity contribution in [1.29, 1.82) is 0 Å². The fourth-order valence-electron chi connectivity index (χ4n) is 0.868. The van der Waals surface area contributed by atoms with Crippen LogP contribution in [0.1, 0.15) is 24.7 Å². The average Bonchev–Trinajstić information content (AvgIpc) is 2.07. The number of hydrogen-bond donors (Lipinski definition) is 0. The summed E-state index contributed by atoms with van der Waals surface area (Å²) in [5.41, 5.74) is 1.07. The molecule has 0 radical (unpaired) electrons. The van der Waals surface area contributed by atoms with Crippen LogP contribution in [0.2, 0.25) is 0 Å². The van der Waals surface area contributed by atoms with Gasteiger partial charge in [-0.15, -0.1) is 0 Å². The minimum Gasteiger partial charge on any atom is -0.242 e. The Morgan fingerprint density at radius 2 is 2.00 bits per heavy atom. The molecular formula is C8H11FN2. The standard InChI is InChI=1S/C8H11FN2/c1-2-3-7-5-10-8(4-9)11-6-7/h5-6H,2-4H2,1H3. The van der Waals surface area contributed by atoms with Crippen LogP contribution in [0.5, 0.6) is 0 Å². The molecule has 60 valence electrons. The molecule has 0 saturated carbocycles. The van der Waals surface area contributed by atoms with Crippen LogP contribution in [0, 0.1) is 0 Å². The fraction of sp³-hybridized carbons (Fsp3) is 0.500. The maximum Gasteiger partial charge on any atom is 0.159 e. The molecular weight excluding hydrogens is 143 g/mol. The topological polar surface area (TPSA) is 25.8 Å². The van der Waals surface area contributed by atoms with Crippen molar-refractivity contribution >= 4 is 0 Å². The first-order valence-electron chi connectivity index (χ1n) is 3.72. The van der Waals surface area contributed by atoms with Crippen molar-refractivity contribution in [3.8, 4) is 0 Å². The van der Waals surface area contributed by atoms with Crippen molar-refractivity contribution in [3.63, 3.8) is 0 Å². The molecule has 2 nitrogen and oxygen atoms in total. The maximum atomic E-state index is 11.9. The van der Waals surface area contributed by atoms with E-state index in [9.17, 15) is 4.39 Å². The molecule has 0 aliphatic heterocycles. The van der Waals surface area contributed by atoms with Crippen LogP contribution < -0.4 is 0 Å². The molecule has 0 aromatic carbocycles. The van der Waals surface area contributed by atoms with E-state index >= 15 is 0 Å². The van der Waals surface area contributed by atoms with Crippen molar-refractivity contribution in [1.82, 2.24) is 9.97 Å². The van der Waals surface area contributed by atoms with Gasteiger partial charge in [-0.05, 0) is 12.0 Å². The highest BCUT2D eigenvalue weighted by atomic mass is 19.1. The zero-order valence-corrected chi connectivity index (χ0v) is 6.55. The molecule has 1 heterocycles. The van der Waals surface area contributed by atoms with Crippen molar-refractivity contribution in [3.05, 3.63) is 23.8 Å². The van der Waals surface area contributed by atoms with Crippen molar-refractivity contribution in [2.24, 2.45) is 0 Å². The van der Waals surface area contributed by atoms with Crippen LogP contribution >= 0.6 is 0 Å². The third-order valence-corrected chi connectivity index (χ3v) is 1.42. The van der Waals surface area contributed by atoms with Crippen LogP contribution in [0.3, 0.4) is 0 Å².